The molecule has 1 saturated heterocycles. The molecule has 0 aliphatic carbocycles. The van der Waals surface area contributed by atoms with Gasteiger partial charge in [-0.25, -0.2) is 14.5 Å². The molecule has 178 valence electrons. The van der Waals surface area contributed by atoms with Gasteiger partial charge in [-0.05, 0) is 55.0 Å². The van der Waals surface area contributed by atoms with E-state index < -0.39 is 30.4 Å². The van der Waals surface area contributed by atoms with Crippen molar-refractivity contribution in [1.82, 2.24) is 10.2 Å². The molecule has 0 bridgehead atoms. The number of hydrogen-bond donors (Lipinski definition) is 3. The molecule has 34 heavy (non-hydrogen) atoms. The zero-order valence-corrected chi connectivity index (χ0v) is 18.7. The Labute approximate surface area is 194 Å². The molecule has 0 spiro atoms. The quantitative estimate of drug-likeness (QED) is 0.303. The van der Waals surface area contributed by atoms with E-state index in [0.717, 1.165) is 4.90 Å². The minimum absolute atomic E-state index is 0.0635. The molecule has 11 heteroatoms. The topological polar surface area (TPSA) is 144 Å². The van der Waals surface area contributed by atoms with E-state index in [1.165, 1.54) is 56.7 Å². The number of carbonyl (C=O) groups excluding carboxylic acids is 4. The number of rotatable bonds is 8. The number of ether oxygens (including phenoxy) is 3. The van der Waals surface area contributed by atoms with Crippen molar-refractivity contribution in [1.29, 1.82) is 0 Å². The van der Waals surface area contributed by atoms with Gasteiger partial charge in [-0.15, -0.1) is 0 Å². The number of anilines is 1. The van der Waals surface area contributed by atoms with Crippen LogP contribution in [0.1, 0.15) is 22.8 Å². The van der Waals surface area contributed by atoms with Crippen molar-refractivity contribution in [3.63, 3.8) is 0 Å². The summed E-state index contributed by atoms with van der Waals surface area (Å²) in [6.07, 6.45) is 1.37. The van der Waals surface area contributed by atoms with Crippen molar-refractivity contribution < 1.29 is 38.5 Å². The number of nitrogens with zero attached hydrogens (tertiary/aromatic N) is 1. The Kier molecular flexibility index (Phi) is 7.36. The highest BCUT2D eigenvalue weighted by Crippen LogP contribution is 2.37. The maximum absolute atomic E-state index is 12.7. The van der Waals surface area contributed by atoms with E-state index in [1.54, 1.807) is 6.92 Å². The summed E-state index contributed by atoms with van der Waals surface area (Å²) in [4.78, 5) is 49.8. The Morgan fingerprint density at radius 1 is 1.09 bits per heavy atom. The van der Waals surface area contributed by atoms with Crippen molar-refractivity contribution >= 4 is 35.6 Å². The SMILES string of the molecule is CCOC(=O)c1ccc(NC(=O)CN2C(=O)N/C(=C\c3cc(OC)c(O)c(OC)c3)C2=O)cc1. The summed E-state index contributed by atoms with van der Waals surface area (Å²) in [5.41, 5.74) is 1.06. The highest BCUT2D eigenvalue weighted by atomic mass is 16.5. The van der Waals surface area contributed by atoms with Crippen molar-refractivity contribution in [3.05, 3.63) is 53.2 Å². The Bertz CT molecular complexity index is 1130. The van der Waals surface area contributed by atoms with Gasteiger partial charge in [0, 0.05) is 5.69 Å². The lowest BCUT2D eigenvalue weighted by Gasteiger charge is -2.12. The largest absolute Gasteiger partial charge is 0.502 e. The Hall–Kier alpha value is -4.54. The van der Waals surface area contributed by atoms with Crippen LogP contribution in [0.25, 0.3) is 6.08 Å². The molecule has 0 radical (unpaired) electrons. The maximum atomic E-state index is 12.7. The minimum atomic E-state index is -0.762. The highest BCUT2D eigenvalue weighted by molar-refractivity contribution is 6.16. The number of esters is 1. The van der Waals surface area contributed by atoms with Gasteiger partial charge in [0.2, 0.25) is 11.7 Å². The van der Waals surface area contributed by atoms with Gasteiger partial charge in [-0.2, -0.15) is 0 Å². The summed E-state index contributed by atoms with van der Waals surface area (Å²) in [6, 6.07) is 8.14. The fourth-order valence-corrected chi connectivity index (χ4v) is 3.13. The van der Waals surface area contributed by atoms with E-state index in [0.29, 0.717) is 16.8 Å². The van der Waals surface area contributed by atoms with Crippen molar-refractivity contribution in [2.75, 3.05) is 32.7 Å². The van der Waals surface area contributed by atoms with Crippen LogP contribution in [0.2, 0.25) is 0 Å². The van der Waals surface area contributed by atoms with Crippen LogP contribution in [-0.2, 0) is 14.3 Å². The first-order chi connectivity index (χ1) is 16.3. The summed E-state index contributed by atoms with van der Waals surface area (Å²) in [5, 5.41) is 15.0. The van der Waals surface area contributed by atoms with Crippen molar-refractivity contribution in [2.45, 2.75) is 6.92 Å². The number of amides is 4. The number of methoxy groups -OCH3 is 2. The van der Waals surface area contributed by atoms with Gasteiger partial charge < -0.3 is 30.0 Å². The molecule has 2 aromatic carbocycles. The Morgan fingerprint density at radius 3 is 2.26 bits per heavy atom. The summed E-state index contributed by atoms with van der Waals surface area (Å²) in [5.74, 6) is -1.77. The Morgan fingerprint density at radius 2 is 1.71 bits per heavy atom. The van der Waals surface area contributed by atoms with Crippen LogP contribution in [0.5, 0.6) is 17.2 Å². The number of benzene rings is 2. The Balaban J connectivity index is 1.69. The number of imide groups is 1. The summed E-state index contributed by atoms with van der Waals surface area (Å²) < 4.78 is 15.1. The molecule has 11 nitrogen and oxygen atoms in total. The minimum Gasteiger partial charge on any atom is -0.502 e. The molecule has 1 fully saturated rings. The fraction of sp³-hybridized carbons (Fsp3) is 0.217. The van der Waals surface area contributed by atoms with Gasteiger partial charge >= 0.3 is 12.0 Å². The van der Waals surface area contributed by atoms with Crippen LogP contribution in [0.3, 0.4) is 0 Å². The number of phenols is 1. The van der Waals surface area contributed by atoms with Crippen molar-refractivity contribution in [3.8, 4) is 17.2 Å². The average Bonchev–Trinajstić information content (AvgIpc) is 3.07. The molecule has 0 saturated carbocycles. The molecule has 3 N–H and O–H groups in total. The molecule has 0 unspecified atom stereocenters. The second-order valence-electron chi connectivity index (χ2n) is 7.00. The smallest absolute Gasteiger partial charge is 0.338 e. The molecule has 1 aliphatic heterocycles. The van der Waals surface area contributed by atoms with E-state index in [9.17, 15) is 24.3 Å². The fourth-order valence-electron chi connectivity index (χ4n) is 3.13. The van der Waals surface area contributed by atoms with Gasteiger partial charge in [0.15, 0.2) is 11.5 Å². The molecule has 1 aliphatic rings. The van der Waals surface area contributed by atoms with Crippen LogP contribution in [-0.4, -0.2) is 61.2 Å². The first-order valence-corrected chi connectivity index (χ1v) is 10.1. The molecule has 1 heterocycles. The number of carbonyl (C=O) groups is 4. The lowest BCUT2D eigenvalue weighted by molar-refractivity contribution is -0.127. The molecule has 3 rings (SSSR count). The maximum Gasteiger partial charge on any atom is 0.338 e. The molecular weight excluding hydrogens is 446 g/mol. The lowest BCUT2D eigenvalue weighted by atomic mass is 10.1. The third kappa shape index (κ3) is 5.26. The van der Waals surface area contributed by atoms with Gasteiger partial charge in [-0.1, -0.05) is 0 Å². The monoisotopic (exact) mass is 469 g/mol. The average molecular weight is 469 g/mol. The van der Waals surface area contributed by atoms with Gasteiger partial charge in [-0.3, -0.25) is 9.59 Å². The molecule has 0 atom stereocenters. The summed E-state index contributed by atoms with van der Waals surface area (Å²) in [6.45, 7) is 1.42. The zero-order chi connectivity index (χ0) is 24.8. The third-order valence-electron chi connectivity index (χ3n) is 4.76. The predicted molar refractivity (Wildman–Crippen MR) is 120 cm³/mol. The van der Waals surface area contributed by atoms with Gasteiger partial charge in [0.05, 0.1) is 26.4 Å². The van der Waals surface area contributed by atoms with E-state index in [-0.39, 0.29) is 29.6 Å². The second-order valence-corrected chi connectivity index (χ2v) is 7.00. The first kappa shape index (κ1) is 24.1. The van der Waals surface area contributed by atoms with Gasteiger partial charge in [0.25, 0.3) is 5.91 Å². The number of phenolic OH excluding ortho intramolecular Hbond substituents is 1. The lowest BCUT2D eigenvalue weighted by Crippen LogP contribution is -2.38. The van der Waals surface area contributed by atoms with E-state index >= 15 is 0 Å². The highest BCUT2D eigenvalue weighted by Gasteiger charge is 2.35. The predicted octanol–water partition coefficient (Wildman–Crippen LogP) is 2.12. The first-order valence-electron chi connectivity index (χ1n) is 10.1. The van der Waals surface area contributed by atoms with Crippen LogP contribution in [0, 0.1) is 0 Å². The van der Waals surface area contributed by atoms with Crippen LogP contribution >= 0.6 is 0 Å². The van der Waals surface area contributed by atoms with Crippen LogP contribution in [0.4, 0.5) is 10.5 Å². The second kappa shape index (κ2) is 10.4. The molecular formula is C23H23N3O8. The molecule has 2 aromatic rings. The zero-order valence-electron chi connectivity index (χ0n) is 18.7. The summed E-state index contributed by atoms with van der Waals surface area (Å²) >= 11 is 0. The number of hydrogen-bond acceptors (Lipinski definition) is 8. The number of nitrogens with one attached hydrogen (secondary N) is 2. The van der Waals surface area contributed by atoms with E-state index in [4.69, 9.17) is 14.2 Å². The third-order valence-corrected chi connectivity index (χ3v) is 4.76. The summed E-state index contributed by atoms with van der Waals surface area (Å²) in [7, 11) is 2.72. The number of urea groups is 1. The normalized spacial score (nSPS) is 14.1. The van der Waals surface area contributed by atoms with E-state index in [1.807, 2.05) is 0 Å². The van der Waals surface area contributed by atoms with Crippen molar-refractivity contribution in [2.24, 2.45) is 0 Å². The van der Waals surface area contributed by atoms with Crippen LogP contribution < -0.4 is 20.1 Å². The van der Waals surface area contributed by atoms with E-state index in [2.05, 4.69) is 10.6 Å². The van der Waals surface area contributed by atoms with Gasteiger partial charge in [0.1, 0.15) is 12.2 Å². The van der Waals surface area contributed by atoms with Crippen LogP contribution in [0.15, 0.2) is 42.1 Å². The standard InChI is InChI=1S/C23H23N3O8/c1-4-34-22(30)14-5-7-15(8-6-14)24-19(27)12-26-21(29)16(25-23(26)31)9-13-10-17(32-2)20(28)18(11-13)33-3/h5-11,28H,4,12H2,1-3H3,(H,24,27)(H,25,31)/b16-9-. The number of aromatic hydroxyl groups is 1. The molecule has 4 amide bonds. The molecule has 0 aromatic heterocycles.